The van der Waals surface area contributed by atoms with Crippen LogP contribution in [0.1, 0.15) is 43.2 Å². The van der Waals surface area contributed by atoms with Crippen LogP contribution in [-0.2, 0) is 0 Å². The summed E-state index contributed by atoms with van der Waals surface area (Å²) in [5.74, 6) is 0.803. The molecule has 1 fully saturated rings. The smallest absolute Gasteiger partial charge is 0.0644 e. The second kappa shape index (κ2) is 4.63. The minimum atomic E-state index is 0.171. The van der Waals surface area contributed by atoms with Crippen LogP contribution >= 0.6 is 0 Å². The third-order valence-electron chi connectivity index (χ3n) is 2.99. The lowest BCUT2D eigenvalue weighted by Gasteiger charge is -2.02. The number of benzene rings is 1. The molecule has 0 amide bonds. The van der Waals surface area contributed by atoms with E-state index >= 15 is 0 Å². The Kier molecular flexibility index (Phi) is 3.22. The Morgan fingerprint density at radius 1 is 1.47 bits per heavy atom. The van der Waals surface area contributed by atoms with E-state index in [-0.39, 0.29) is 6.61 Å². The average Bonchev–Trinajstić information content (AvgIpc) is 3.10. The molecule has 0 bridgehead atoms. The first-order valence-electron chi connectivity index (χ1n) is 5.73. The molecular weight excluding hydrogens is 184 g/mol. The second-order valence-electron chi connectivity index (χ2n) is 4.26. The normalized spacial score (nSPS) is 16.8. The summed E-state index contributed by atoms with van der Waals surface area (Å²) >= 11 is 0. The monoisotopic (exact) mass is 202 g/mol. The molecule has 1 aliphatic carbocycles. The minimum Gasteiger partial charge on any atom is -0.392 e. The largest absolute Gasteiger partial charge is 0.392 e. The van der Waals surface area contributed by atoms with Crippen molar-refractivity contribution in [2.75, 3.05) is 6.61 Å². The van der Waals surface area contributed by atoms with E-state index in [1.54, 1.807) is 0 Å². The molecule has 0 unspecified atom stereocenters. The van der Waals surface area contributed by atoms with Crippen LogP contribution in [0.25, 0.3) is 6.08 Å². The maximum absolute atomic E-state index is 9.11. The number of aliphatic hydroxyl groups excluding tert-OH is 1. The van der Waals surface area contributed by atoms with Gasteiger partial charge in [0.15, 0.2) is 0 Å². The van der Waals surface area contributed by atoms with Crippen LogP contribution in [0.5, 0.6) is 0 Å². The highest BCUT2D eigenvalue weighted by Gasteiger charge is 2.23. The lowest BCUT2D eigenvalue weighted by atomic mass is 10.0. The number of hydrogen-bond donors (Lipinski definition) is 1. The predicted octanol–water partition coefficient (Wildman–Crippen LogP) is 3.35. The molecule has 0 heterocycles. The molecule has 0 aliphatic heterocycles. The van der Waals surface area contributed by atoms with Gasteiger partial charge in [-0.3, -0.25) is 0 Å². The van der Waals surface area contributed by atoms with E-state index in [0.29, 0.717) is 0 Å². The fourth-order valence-corrected chi connectivity index (χ4v) is 1.81. The number of aliphatic hydroxyl groups is 1. The van der Waals surface area contributed by atoms with Gasteiger partial charge in [-0.05, 0) is 41.9 Å². The molecular formula is C14H18O. The fraction of sp³-hybridized carbons (Fsp3) is 0.429. The molecule has 1 aliphatic rings. The predicted molar refractivity (Wildman–Crippen MR) is 63.8 cm³/mol. The molecule has 1 aromatic rings. The van der Waals surface area contributed by atoms with Gasteiger partial charge in [0, 0.05) is 0 Å². The van der Waals surface area contributed by atoms with E-state index in [0.717, 1.165) is 17.9 Å². The first-order valence-corrected chi connectivity index (χ1v) is 5.73. The minimum absolute atomic E-state index is 0.171. The van der Waals surface area contributed by atoms with Crippen molar-refractivity contribution in [3.8, 4) is 0 Å². The van der Waals surface area contributed by atoms with Crippen molar-refractivity contribution in [2.24, 2.45) is 0 Å². The van der Waals surface area contributed by atoms with Crippen molar-refractivity contribution in [1.29, 1.82) is 0 Å². The van der Waals surface area contributed by atoms with Crippen LogP contribution in [-0.4, -0.2) is 11.7 Å². The Balaban J connectivity index is 2.20. The van der Waals surface area contributed by atoms with Crippen molar-refractivity contribution in [3.63, 3.8) is 0 Å². The SMILES string of the molecule is CCC(=Cc1cccc(C2CC2)c1)CO. The summed E-state index contributed by atoms with van der Waals surface area (Å²) in [5.41, 5.74) is 3.78. The first kappa shape index (κ1) is 10.4. The molecule has 1 nitrogen and oxygen atoms in total. The molecule has 0 radical (unpaired) electrons. The van der Waals surface area contributed by atoms with E-state index in [4.69, 9.17) is 5.11 Å². The molecule has 1 aromatic carbocycles. The standard InChI is InChI=1S/C14H18O/c1-2-11(10-15)8-12-4-3-5-14(9-12)13-6-7-13/h3-5,8-9,13,15H,2,6-7,10H2,1H3. The quantitative estimate of drug-likeness (QED) is 0.793. The van der Waals surface area contributed by atoms with Crippen LogP contribution in [0.15, 0.2) is 29.8 Å². The van der Waals surface area contributed by atoms with Gasteiger partial charge in [-0.15, -0.1) is 0 Å². The summed E-state index contributed by atoms with van der Waals surface area (Å²) in [4.78, 5) is 0. The van der Waals surface area contributed by atoms with Gasteiger partial charge in [0.05, 0.1) is 6.61 Å². The van der Waals surface area contributed by atoms with Crippen molar-refractivity contribution >= 4 is 6.08 Å². The zero-order chi connectivity index (χ0) is 10.7. The van der Waals surface area contributed by atoms with E-state index in [9.17, 15) is 0 Å². The fourth-order valence-electron chi connectivity index (χ4n) is 1.81. The molecule has 1 heteroatoms. The lowest BCUT2D eigenvalue weighted by Crippen LogP contribution is -1.88. The number of rotatable bonds is 4. The summed E-state index contributed by atoms with van der Waals surface area (Å²) in [6.45, 7) is 2.25. The van der Waals surface area contributed by atoms with Gasteiger partial charge >= 0.3 is 0 Å². The van der Waals surface area contributed by atoms with Crippen molar-refractivity contribution in [2.45, 2.75) is 32.1 Å². The Morgan fingerprint density at radius 3 is 2.87 bits per heavy atom. The molecule has 0 atom stereocenters. The van der Waals surface area contributed by atoms with Crippen LogP contribution in [0.4, 0.5) is 0 Å². The van der Waals surface area contributed by atoms with E-state index in [2.05, 4.69) is 37.3 Å². The molecule has 0 aromatic heterocycles. The molecule has 80 valence electrons. The molecule has 0 spiro atoms. The number of hydrogen-bond acceptors (Lipinski definition) is 1. The molecule has 2 rings (SSSR count). The summed E-state index contributed by atoms with van der Waals surface area (Å²) in [6, 6.07) is 8.68. The van der Waals surface area contributed by atoms with Gasteiger partial charge in [0.25, 0.3) is 0 Å². The van der Waals surface area contributed by atoms with Gasteiger partial charge < -0.3 is 5.11 Å². The third-order valence-corrected chi connectivity index (χ3v) is 2.99. The summed E-state index contributed by atoms with van der Waals surface area (Å²) < 4.78 is 0. The maximum Gasteiger partial charge on any atom is 0.0644 e. The van der Waals surface area contributed by atoms with Crippen LogP contribution in [0.3, 0.4) is 0 Å². The highest BCUT2D eigenvalue weighted by Crippen LogP contribution is 2.40. The maximum atomic E-state index is 9.11. The Labute approximate surface area is 91.4 Å². The van der Waals surface area contributed by atoms with Crippen molar-refractivity contribution in [1.82, 2.24) is 0 Å². The molecule has 1 N–H and O–H groups in total. The van der Waals surface area contributed by atoms with Crippen LogP contribution < -0.4 is 0 Å². The van der Waals surface area contributed by atoms with E-state index < -0.39 is 0 Å². The second-order valence-corrected chi connectivity index (χ2v) is 4.26. The Morgan fingerprint density at radius 2 is 2.27 bits per heavy atom. The highest BCUT2D eigenvalue weighted by atomic mass is 16.3. The van der Waals surface area contributed by atoms with E-state index in [1.165, 1.54) is 24.0 Å². The first-order chi connectivity index (χ1) is 7.33. The van der Waals surface area contributed by atoms with Crippen LogP contribution in [0.2, 0.25) is 0 Å². The van der Waals surface area contributed by atoms with Crippen molar-refractivity contribution in [3.05, 3.63) is 41.0 Å². The topological polar surface area (TPSA) is 20.2 Å². The molecule has 1 saturated carbocycles. The van der Waals surface area contributed by atoms with Gasteiger partial charge in [-0.1, -0.05) is 37.3 Å². The van der Waals surface area contributed by atoms with E-state index in [1.807, 2.05) is 0 Å². The Hall–Kier alpha value is -1.08. The van der Waals surface area contributed by atoms with Gasteiger partial charge in [-0.25, -0.2) is 0 Å². The van der Waals surface area contributed by atoms with Gasteiger partial charge in [0.1, 0.15) is 0 Å². The van der Waals surface area contributed by atoms with Crippen LogP contribution in [0, 0.1) is 0 Å². The van der Waals surface area contributed by atoms with Gasteiger partial charge in [-0.2, -0.15) is 0 Å². The molecule has 15 heavy (non-hydrogen) atoms. The van der Waals surface area contributed by atoms with Gasteiger partial charge in [0.2, 0.25) is 0 Å². The third kappa shape index (κ3) is 2.69. The highest BCUT2D eigenvalue weighted by molar-refractivity contribution is 5.54. The summed E-state index contributed by atoms with van der Waals surface area (Å²) in [5, 5.41) is 9.11. The zero-order valence-electron chi connectivity index (χ0n) is 9.24. The van der Waals surface area contributed by atoms with Crippen molar-refractivity contribution < 1.29 is 5.11 Å². The molecule has 0 saturated heterocycles. The zero-order valence-corrected chi connectivity index (χ0v) is 9.24. The lowest BCUT2D eigenvalue weighted by molar-refractivity contribution is 0.329. The summed E-state index contributed by atoms with van der Waals surface area (Å²) in [6.07, 6.45) is 5.71. The summed E-state index contributed by atoms with van der Waals surface area (Å²) in [7, 11) is 0. The Bertz CT molecular complexity index is 355. The average molecular weight is 202 g/mol.